The summed E-state index contributed by atoms with van der Waals surface area (Å²) >= 11 is 0. The van der Waals surface area contributed by atoms with Crippen molar-refractivity contribution < 1.29 is 9.90 Å². The second-order valence-corrected chi connectivity index (χ2v) is 9.30. The number of aliphatic hydroxyl groups excluding tert-OH is 1. The number of benzene rings is 3. The van der Waals surface area contributed by atoms with E-state index in [1.807, 2.05) is 78.4 Å². The van der Waals surface area contributed by atoms with E-state index in [9.17, 15) is 9.90 Å². The van der Waals surface area contributed by atoms with Crippen LogP contribution in [0.15, 0.2) is 91.1 Å². The Morgan fingerprint density at radius 2 is 1.27 bits per heavy atom. The maximum Gasteiger partial charge on any atom is 0.272 e. The molecule has 5 rings (SSSR count). The number of aromatic nitrogens is 1. The summed E-state index contributed by atoms with van der Waals surface area (Å²) in [5, 5.41) is 19.5. The third-order valence-corrected chi connectivity index (χ3v) is 6.70. The maximum absolute atomic E-state index is 12.5. The number of carbonyl (C=O) groups is 1. The summed E-state index contributed by atoms with van der Waals surface area (Å²) in [6.07, 6.45) is 3.40. The van der Waals surface area contributed by atoms with Crippen LogP contribution >= 0.6 is 0 Å². The molecule has 3 aromatic carbocycles. The van der Waals surface area contributed by atoms with Gasteiger partial charge >= 0.3 is 0 Å². The molecule has 1 saturated heterocycles. The molecular formula is C30H33N5O2. The van der Waals surface area contributed by atoms with E-state index in [1.54, 1.807) is 0 Å². The van der Waals surface area contributed by atoms with Crippen molar-refractivity contribution in [2.75, 3.05) is 33.9 Å². The Morgan fingerprint density at radius 1 is 0.784 bits per heavy atom. The fourth-order valence-corrected chi connectivity index (χ4v) is 4.58. The minimum absolute atomic E-state index is 0.114. The van der Waals surface area contributed by atoms with Gasteiger partial charge in [-0.05, 0) is 105 Å². The molecule has 0 aliphatic carbocycles. The van der Waals surface area contributed by atoms with Crippen molar-refractivity contribution in [3.05, 3.63) is 96.8 Å². The highest BCUT2D eigenvalue weighted by Gasteiger charge is 2.17. The van der Waals surface area contributed by atoms with E-state index in [4.69, 9.17) is 0 Å². The minimum Gasteiger partial charge on any atom is -0.393 e. The summed E-state index contributed by atoms with van der Waals surface area (Å²) in [4.78, 5) is 14.9. The fourth-order valence-electron chi connectivity index (χ4n) is 4.58. The smallest absolute Gasteiger partial charge is 0.272 e. The molecule has 1 fully saturated rings. The van der Waals surface area contributed by atoms with Crippen LogP contribution in [0.4, 0.5) is 34.1 Å². The molecule has 4 aromatic rings. The second-order valence-electron chi connectivity index (χ2n) is 9.30. The van der Waals surface area contributed by atoms with Crippen LogP contribution < -0.4 is 20.9 Å². The zero-order chi connectivity index (χ0) is 25.6. The number of carbonyl (C=O) groups excluding carboxylic acids is 1. The molecule has 1 amide bonds. The Labute approximate surface area is 217 Å². The summed E-state index contributed by atoms with van der Waals surface area (Å²) < 4.78 is 1.92. The predicted octanol–water partition coefficient (Wildman–Crippen LogP) is 6.21. The first-order chi connectivity index (χ1) is 18.1. The highest BCUT2D eigenvalue weighted by atomic mass is 16.3. The van der Waals surface area contributed by atoms with Crippen LogP contribution in [-0.2, 0) is 6.54 Å². The number of nitrogens with zero attached hydrogens (tertiary/aromatic N) is 2. The summed E-state index contributed by atoms with van der Waals surface area (Å²) in [6, 6.07) is 28.0. The Kier molecular flexibility index (Phi) is 7.42. The zero-order valence-corrected chi connectivity index (χ0v) is 21.0. The average molecular weight is 496 g/mol. The molecule has 7 nitrogen and oxygen atoms in total. The lowest BCUT2D eigenvalue weighted by Gasteiger charge is -2.31. The first kappa shape index (κ1) is 24.5. The van der Waals surface area contributed by atoms with Crippen molar-refractivity contribution in [1.82, 2.24) is 4.57 Å². The van der Waals surface area contributed by atoms with Crippen LogP contribution in [0, 0.1) is 0 Å². The molecule has 1 aliphatic heterocycles. The first-order valence-electron chi connectivity index (χ1n) is 12.8. The van der Waals surface area contributed by atoms with Crippen molar-refractivity contribution in [2.24, 2.45) is 0 Å². The topological polar surface area (TPSA) is 81.6 Å². The Balaban J connectivity index is 1.14. The molecule has 0 saturated carbocycles. The number of aliphatic hydroxyl groups is 1. The minimum atomic E-state index is -0.161. The molecule has 0 unspecified atom stereocenters. The Hall–Kier alpha value is -4.23. The largest absolute Gasteiger partial charge is 0.393 e. The Morgan fingerprint density at radius 3 is 1.78 bits per heavy atom. The van der Waals surface area contributed by atoms with Gasteiger partial charge in [0.2, 0.25) is 0 Å². The maximum atomic E-state index is 12.5. The fraction of sp³-hybridized carbons (Fsp3) is 0.233. The molecule has 7 heteroatoms. The van der Waals surface area contributed by atoms with Gasteiger partial charge in [-0.1, -0.05) is 0 Å². The van der Waals surface area contributed by atoms with Crippen LogP contribution in [-0.4, -0.2) is 34.8 Å². The van der Waals surface area contributed by atoms with E-state index in [1.165, 1.54) is 5.69 Å². The highest BCUT2D eigenvalue weighted by Crippen LogP contribution is 2.26. The molecule has 1 aromatic heterocycles. The monoisotopic (exact) mass is 495 g/mol. The lowest BCUT2D eigenvalue weighted by Crippen LogP contribution is -2.35. The SMILES string of the molecule is CCn1cccc1C(=O)Nc1ccc(Nc2ccc(Nc3ccc(N4CCC(O)CC4)cc3)cc2)cc1. The van der Waals surface area contributed by atoms with Crippen LogP contribution in [0.1, 0.15) is 30.3 Å². The van der Waals surface area contributed by atoms with Gasteiger partial charge in [-0.2, -0.15) is 0 Å². The van der Waals surface area contributed by atoms with E-state index in [0.717, 1.165) is 60.9 Å². The van der Waals surface area contributed by atoms with Gasteiger partial charge in [0, 0.05) is 60.0 Å². The third-order valence-electron chi connectivity index (χ3n) is 6.70. The molecular weight excluding hydrogens is 462 g/mol. The van der Waals surface area contributed by atoms with E-state index >= 15 is 0 Å². The number of piperidine rings is 1. The molecule has 0 atom stereocenters. The standard InChI is InChI=1S/C30H33N5O2/c1-2-34-19-3-4-29(34)30(37)33-26-11-9-24(10-12-26)31-22-5-7-23(8-6-22)32-25-13-15-27(16-14-25)35-20-17-28(36)18-21-35/h3-16,19,28,31-32,36H,2,17-18,20-21H2,1H3,(H,33,37). The van der Waals surface area contributed by atoms with Gasteiger partial charge in [-0.15, -0.1) is 0 Å². The van der Waals surface area contributed by atoms with Gasteiger partial charge in [0.25, 0.3) is 5.91 Å². The van der Waals surface area contributed by atoms with Crippen LogP contribution in [0.25, 0.3) is 0 Å². The molecule has 37 heavy (non-hydrogen) atoms. The van der Waals surface area contributed by atoms with Gasteiger partial charge in [0.15, 0.2) is 0 Å². The summed E-state index contributed by atoms with van der Waals surface area (Å²) in [5.41, 5.74) is 6.56. The normalized spacial score (nSPS) is 13.8. The van der Waals surface area contributed by atoms with E-state index < -0.39 is 0 Å². The van der Waals surface area contributed by atoms with Gasteiger partial charge in [-0.25, -0.2) is 0 Å². The van der Waals surface area contributed by atoms with Crippen LogP contribution in [0.5, 0.6) is 0 Å². The lowest BCUT2D eigenvalue weighted by atomic mass is 10.1. The first-order valence-corrected chi connectivity index (χ1v) is 12.8. The highest BCUT2D eigenvalue weighted by molar-refractivity contribution is 6.03. The van der Waals surface area contributed by atoms with E-state index in [2.05, 4.69) is 45.1 Å². The van der Waals surface area contributed by atoms with Gasteiger partial charge in [0.1, 0.15) is 5.69 Å². The third kappa shape index (κ3) is 6.13. The molecule has 0 spiro atoms. The number of nitrogens with one attached hydrogen (secondary N) is 3. The number of hydrogen-bond acceptors (Lipinski definition) is 5. The average Bonchev–Trinajstić information content (AvgIpc) is 3.41. The lowest BCUT2D eigenvalue weighted by molar-refractivity contribution is 0.101. The van der Waals surface area contributed by atoms with E-state index in [-0.39, 0.29) is 12.0 Å². The van der Waals surface area contributed by atoms with Gasteiger partial charge in [0.05, 0.1) is 6.10 Å². The molecule has 190 valence electrons. The molecule has 0 radical (unpaired) electrons. The number of hydrogen-bond donors (Lipinski definition) is 4. The van der Waals surface area contributed by atoms with E-state index in [0.29, 0.717) is 5.69 Å². The van der Waals surface area contributed by atoms with Crippen molar-refractivity contribution >= 4 is 40.0 Å². The summed E-state index contributed by atoms with van der Waals surface area (Å²) in [6.45, 7) is 4.56. The molecule has 1 aliphatic rings. The quantitative estimate of drug-likeness (QED) is 0.234. The van der Waals surface area contributed by atoms with Gasteiger partial charge in [-0.3, -0.25) is 4.79 Å². The summed E-state index contributed by atoms with van der Waals surface area (Å²) in [7, 11) is 0. The van der Waals surface area contributed by atoms with Crippen LogP contribution in [0.2, 0.25) is 0 Å². The van der Waals surface area contributed by atoms with Crippen molar-refractivity contribution in [3.63, 3.8) is 0 Å². The zero-order valence-electron chi connectivity index (χ0n) is 21.0. The molecule has 4 N–H and O–H groups in total. The number of rotatable bonds is 8. The van der Waals surface area contributed by atoms with Crippen molar-refractivity contribution in [1.29, 1.82) is 0 Å². The van der Waals surface area contributed by atoms with Crippen LogP contribution in [0.3, 0.4) is 0 Å². The van der Waals surface area contributed by atoms with Crippen molar-refractivity contribution in [2.45, 2.75) is 32.4 Å². The predicted molar refractivity (Wildman–Crippen MR) is 151 cm³/mol. The second kappa shape index (κ2) is 11.2. The van der Waals surface area contributed by atoms with Crippen molar-refractivity contribution in [3.8, 4) is 0 Å². The number of anilines is 6. The summed E-state index contributed by atoms with van der Waals surface area (Å²) in [5.74, 6) is -0.114. The molecule has 0 bridgehead atoms. The van der Waals surface area contributed by atoms with Gasteiger partial charge < -0.3 is 30.5 Å². The molecule has 2 heterocycles. The number of aryl methyl sites for hydroxylation is 1. The number of amides is 1. The Bertz CT molecular complexity index is 1310.